The van der Waals surface area contributed by atoms with Gasteiger partial charge in [-0.25, -0.2) is 0 Å². The summed E-state index contributed by atoms with van der Waals surface area (Å²) in [7, 11) is 0. The van der Waals surface area contributed by atoms with Crippen LogP contribution in [-0.4, -0.2) is 30.5 Å². The highest BCUT2D eigenvalue weighted by molar-refractivity contribution is 5.43. The van der Waals surface area contributed by atoms with Gasteiger partial charge in [-0.15, -0.1) is 0 Å². The maximum absolute atomic E-state index is 9.83. The monoisotopic (exact) mass is 265 g/mol. The summed E-state index contributed by atoms with van der Waals surface area (Å²) in [5.74, 6) is 0.678. The average molecular weight is 265 g/mol. The van der Waals surface area contributed by atoms with Crippen LogP contribution < -0.4 is 10.5 Å². The zero-order valence-electron chi connectivity index (χ0n) is 11.3. The normalized spacial score (nSPS) is 18.2. The number of anilines is 1. The maximum Gasteiger partial charge on any atom is 0.121 e. The number of aliphatic hydroxyl groups excluding tert-OH is 1. The van der Waals surface area contributed by atoms with Gasteiger partial charge in [0.05, 0.1) is 12.7 Å². The van der Waals surface area contributed by atoms with Crippen molar-refractivity contribution in [3.8, 4) is 5.75 Å². The van der Waals surface area contributed by atoms with E-state index in [1.54, 1.807) is 12.1 Å². The van der Waals surface area contributed by atoms with E-state index in [4.69, 9.17) is 15.2 Å². The van der Waals surface area contributed by atoms with E-state index in [9.17, 15) is 5.11 Å². The largest absolute Gasteiger partial charge is 0.491 e. The summed E-state index contributed by atoms with van der Waals surface area (Å²) in [5, 5.41) is 9.83. The Morgan fingerprint density at radius 3 is 2.74 bits per heavy atom. The number of benzene rings is 1. The first-order valence-electron chi connectivity index (χ1n) is 7.02. The van der Waals surface area contributed by atoms with E-state index in [0.717, 1.165) is 12.8 Å². The summed E-state index contributed by atoms with van der Waals surface area (Å²) in [6, 6.07) is 7.20. The first-order chi connectivity index (χ1) is 9.24. The number of aliphatic hydroxyl groups is 1. The molecule has 0 bridgehead atoms. The highest BCUT2D eigenvalue weighted by atomic mass is 16.5. The topological polar surface area (TPSA) is 64.7 Å². The maximum atomic E-state index is 9.83. The molecule has 1 saturated carbocycles. The van der Waals surface area contributed by atoms with Crippen molar-refractivity contribution in [2.45, 2.75) is 44.3 Å². The Morgan fingerprint density at radius 2 is 2.00 bits per heavy atom. The lowest BCUT2D eigenvalue weighted by Gasteiger charge is -2.23. The standard InChI is InChI=1S/C15H23NO3/c16-12-5-4-8-15(9-12)19-11-13(17)10-18-14-6-2-1-3-7-14/h4-5,8-9,13-14,17H,1-3,6-7,10-11,16H2. The van der Waals surface area contributed by atoms with Crippen LogP contribution in [0.3, 0.4) is 0 Å². The third kappa shape index (κ3) is 5.09. The van der Waals surface area contributed by atoms with Crippen molar-refractivity contribution >= 4 is 5.69 Å². The van der Waals surface area contributed by atoms with Crippen LogP contribution in [0.4, 0.5) is 5.69 Å². The Bertz CT molecular complexity index is 377. The Hall–Kier alpha value is -1.26. The van der Waals surface area contributed by atoms with Gasteiger partial charge in [0.1, 0.15) is 18.5 Å². The molecular weight excluding hydrogens is 242 g/mol. The molecule has 1 aromatic rings. The van der Waals surface area contributed by atoms with Gasteiger partial charge in [-0.2, -0.15) is 0 Å². The zero-order chi connectivity index (χ0) is 13.5. The fourth-order valence-electron chi connectivity index (χ4n) is 2.32. The first kappa shape index (κ1) is 14.2. The number of rotatable bonds is 6. The van der Waals surface area contributed by atoms with Crippen LogP contribution >= 0.6 is 0 Å². The summed E-state index contributed by atoms with van der Waals surface area (Å²) < 4.78 is 11.2. The second kappa shape index (κ2) is 7.36. The summed E-state index contributed by atoms with van der Waals surface area (Å²) in [4.78, 5) is 0. The van der Waals surface area contributed by atoms with Gasteiger partial charge in [0, 0.05) is 11.8 Å². The molecule has 1 aliphatic carbocycles. The van der Waals surface area contributed by atoms with E-state index in [2.05, 4.69) is 0 Å². The molecule has 1 unspecified atom stereocenters. The molecule has 106 valence electrons. The molecular formula is C15H23NO3. The van der Waals surface area contributed by atoms with Crippen molar-refractivity contribution in [1.82, 2.24) is 0 Å². The number of nitrogens with two attached hydrogens (primary N) is 1. The van der Waals surface area contributed by atoms with Gasteiger partial charge in [0.15, 0.2) is 0 Å². The zero-order valence-corrected chi connectivity index (χ0v) is 11.3. The lowest BCUT2D eigenvalue weighted by molar-refractivity contribution is -0.0362. The molecule has 0 heterocycles. The Morgan fingerprint density at radius 1 is 1.21 bits per heavy atom. The van der Waals surface area contributed by atoms with Crippen LogP contribution in [0.25, 0.3) is 0 Å². The van der Waals surface area contributed by atoms with Crippen molar-refractivity contribution in [2.24, 2.45) is 0 Å². The molecule has 4 heteroatoms. The molecule has 4 nitrogen and oxygen atoms in total. The van der Waals surface area contributed by atoms with Crippen molar-refractivity contribution in [3.05, 3.63) is 24.3 Å². The Labute approximate surface area is 114 Å². The molecule has 0 amide bonds. The molecule has 1 fully saturated rings. The van der Waals surface area contributed by atoms with Crippen LogP contribution in [0, 0.1) is 0 Å². The summed E-state index contributed by atoms with van der Waals surface area (Å²) >= 11 is 0. The molecule has 1 aromatic carbocycles. The molecule has 0 radical (unpaired) electrons. The average Bonchev–Trinajstić information content (AvgIpc) is 2.44. The Balaban J connectivity index is 1.65. The van der Waals surface area contributed by atoms with Crippen molar-refractivity contribution < 1.29 is 14.6 Å². The van der Waals surface area contributed by atoms with E-state index in [0.29, 0.717) is 24.1 Å². The summed E-state index contributed by atoms with van der Waals surface area (Å²) in [5.41, 5.74) is 6.31. The fourth-order valence-corrected chi connectivity index (χ4v) is 2.32. The summed E-state index contributed by atoms with van der Waals surface area (Å²) in [6.45, 7) is 0.573. The molecule has 0 saturated heterocycles. The highest BCUT2D eigenvalue weighted by Gasteiger charge is 2.15. The van der Waals surface area contributed by atoms with Gasteiger partial charge in [0.2, 0.25) is 0 Å². The minimum atomic E-state index is -0.594. The number of nitrogen functional groups attached to an aromatic ring is 1. The third-order valence-electron chi connectivity index (χ3n) is 3.38. The number of ether oxygens (including phenoxy) is 2. The third-order valence-corrected chi connectivity index (χ3v) is 3.38. The second-order valence-electron chi connectivity index (χ2n) is 5.13. The quantitative estimate of drug-likeness (QED) is 0.775. The summed E-state index contributed by atoms with van der Waals surface area (Å²) in [6.07, 6.45) is 5.73. The lowest BCUT2D eigenvalue weighted by Crippen LogP contribution is -2.27. The predicted molar refractivity (Wildman–Crippen MR) is 75.2 cm³/mol. The molecule has 3 N–H and O–H groups in total. The van der Waals surface area contributed by atoms with Gasteiger partial charge in [-0.05, 0) is 25.0 Å². The lowest BCUT2D eigenvalue weighted by atomic mass is 9.98. The smallest absolute Gasteiger partial charge is 0.121 e. The fraction of sp³-hybridized carbons (Fsp3) is 0.600. The molecule has 1 aliphatic rings. The van der Waals surface area contributed by atoms with Gasteiger partial charge < -0.3 is 20.3 Å². The van der Waals surface area contributed by atoms with Gasteiger partial charge in [-0.1, -0.05) is 25.3 Å². The van der Waals surface area contributed by atoms with Crippen LogP contribution in [0.5, 0.6) is 5.75 Å². The van der Waals surface area contributed by atoms with E-state index >= 15 is 0 Å². The molecule has 1 atom stereocenters. The molecule has 0 aromatic heterocycles. The number of hydrogen-bond donors (Lipinski definition) is 2. The second-order valence-corrected chi connectivity index (χ2v) is 5.13. The van der Waals surface area contributed by atoms with Gasteiger partial charge in [-0.3, -0.25) is 0 Å². The van der Waals surface area contributed by atoms with E-state index < -0.39 is 6.10 Å². The predicted octanol–water partition coefficient (Wildman–Crippen LogP) is 2.36. The molecule has 0 aliphatic heterocycles. The number of hydrogen-bond acceptors (Lipinski definition) is 4. The van der Waals surface area contributed by atoms with Crippen molar-refractivity contribution in [2.75, 3.05) is 18.9 Å². The van der Waals surface area contributed by atoms with Gasteiger partial charge in [0.25, 0.3) is 0 Å². The SMILES string of the molecule is Nc1cccc(OCC(O)COC2CCCCC2)c1. The van der Waals surface area contributed by atoms with Crippen LogP contribution in [0.2, 0.25) is 0 Å². The molecule has 19 heavy (non-hydrogen) atoms. The van der Waals surface area contributed by atoms with Crippen LogP contribution in [-0.2, 0) is 4.74 Å². The van der Waals surface area contributed by atoms with Gasteiger partial charge >= 0.3 is 0 Å². The van der Waals surface area contributed by atoms with Crippen molar-refractivity contribution in [1.29, 1.82) is 0 Å². The van der Waals surface area contributed by atoms with Crippen LogP contribution in [0.1, 0.15) is 32.1 Å². The highest BCUT2D eigenvalue weighted by Crippen LogP contribution is 2.20. The minimum Gasteiger partial charge on any atom is -0.491 e. The molecule has 0 spiro atoms. The Kier molecular flexibility index (Phi) is 5.48. The minimum absolute atomic E-state index is 0.232. The first-order valence-corrected chi connectivity index (χ1v) is 7.02. The van der Waals surface area contributed by atoms with E-state index in [1.807, 2.05) is 12.1 Å². The van der Waals surface area contributed by atoms with E-state index in [1.165, 1.54) is 19.3 Å². The molecule has 2 rings (SSSR count). The van der Waals surface area contributed by atoms with Crippen LogP contribution in [0.15, 0.2) is 24.3 Å². The van der Waals surface area contributed by atoms with E-state index in [-0.39, 0.29) is 6.61 Å². The van der Waals surface area contributed by atoms with Crippen molar-refractivity contribution in [3.63, 3.8) is 0 Å².